The lowest BCUT2D eigenvalue weighted by atomic mass is 10.2. The normalized spacial score (nSPS) is 21.5. The number of nitrogens with zero attached hydrogens (tertiary/aromatic N) is 1. The Labute approximate surface area is 89.0 Å². The third-order valence-corrected chi connectivity index (χ3v) is 3.50. The Bertz CT molecular complexity index is 184. The van der Waals surface area contributed by atoms with Crippen LogP contribution in [0.25, 0.3) is 0 Å². The second kappa shape index (κ2) is 6.27. The number of hydrogen-bond acceptors (Lipinski definition) is 4. The minimum absolute atomic E-state index is 0.00144. The molecule has 0 aromatic rings. The molecule has 4 nitrogen and oxygen atoms in total. The van der Waals surface area contributed by atoms with Gasteiger partial charge < -0.3 is 10.4 Å². The van der Waals surface area contributed by atoms with Crippen molar-refractivity contribution in [2.75, 3.05) is 38.2 Å². The van der Waals surface area contributed by atoms with Gasteiger partial charge >= 0.3 is 0 Å². The quantitative estimate of drug-likeness (QED) is 0.655. The van der Waals surface area contributed by atoms with Gasteiger partial charge in [0, 0.05) is 18.3 Å². The molecule has 0 spiro atoms. The van der Waals surface area contributed by atoms with Crippen LogP contribution < -0.4 is 5.32 Å². The molecule has 5 heteroatoms. The van der Waals surface area contributed by atoms with E-state index in [2.05, 4.69) is 10.2 Å². The number of carbonyl (C=O) groups is 1. The molecular formula is C9H18N2O2S. The predicted molar refractivity (Wildman–Crippen MR) is 58.5 cm³/mol. The first kappa shape index (κ1) is 11.8. The van der Waals surface area contributed by atoms with E-state index in [0.29, 0.717) is 19.1 Å². The number of amides is 1. The third-order valence-electron chi connectivity index (χ3n) is 2.36. The summed E-state index contributed by atoms with van der Waals surface area (Å²) in [4.78, 5) is 13.4. The summed E-state index contributed by atoms with van der Waals surface area (Å²) in [6.07, 6.45) is 1.18. The maximum Gasteiger partial charge on any atom is 0.234 e. The molecule has 0 saturated carbocycles. The van der Waals surface area contributed by atoms with Crippen LogP contribution in [0.1, 0.15) is 6.42 Å². The highest BCUT2D eigenvalue weighted by Gasteiger charge is 2.21. The van der Waals surface area contributed by atoms with Crippen molar-refractivity contribution in [1.82, 2.24) is 10.2 Å². The number of carbonyl (C=O) groups excluding carboxylic acids is 1. The van der Waals surface area contributed by atoms with Crippen LogP contribution in [0.5, 0.6) is 0 Å². The van der Waals surface area contributed by atoms with E-state index in [4.69, 9.17) is 5.11 Å². The van der Waals surface area contributed by atoms with Crippen LogP contribution in [0.15, 0.2) is 0 Å². The fraction of sp³-hybridized carbons (Fsp3) is 0.889. The highest BCUT2D eigenvalue weighted by atomic mass is 32.2. The van der Waals surface area contributed by atoms with E-state index in [1.807, 2.05) is 18.8 Å². The van der Waals surface area contributed by atoms with Crippen molar-refractivity contribution in [3.05, 3.63) is 0 Å². The fourth-order valence-corrected chi connectivity index (χ4v) is 2.78. The lowest BCUT2D eigenvalue weighted by Gasteiger charge is -2.22. The standard InChI is InChI=1S/C9H18N2O2S/c1-11(8-2-5-14-7-8)6-9(13)10-3-4-12/h8,12H,2-7H2,1H3,(H,10,13). The van der Waals surface area contributed by atoms with Gasteiger partial charge in [-0.25, -0.2) is 0 Å². The van der Waals surface area contributed by atoms with Crippen molar-refractivity contribution < 1.29 is 9.90 Å². The van der Waals surface area contributed by atoms with E-state index >= 15 is 0 Å². The summed E-state index contributed by atoms with van der Waals surface area (Å²) in [5, 5.41) is 11.2. The van der Waals surface area contributed by atoms with Crippen molar-refractivity contribution in [1.29, 1.82) is 0 Å². The van der Waals surface area contributed by atoms with Gasteiger partial charge in [0.1, 0.15) is 0 Å². The third kappa shape index (κ3) is 3.86. The zero-order valence-corrected chi connectivity index (χ0v) is 9.35. The molecule has 82 valence electrons. The molecule has 0 aliphatic carbocycles. The lowest BCUT2D eigenvalue weighted by molar-refractivity contribution is -0.122. The molecule has 1 atom stereocenters. The summed E-state index contributed by atoms with van der Waals surface area (Å²) in [5.74, 6) is 2.33. The second-order valence-corrected chi connectivity index (χ2v) is 4.66. The van der Waals surface area contributed by atoms with Crippen LogP contribution in [0.4, 0.5) is 0 Å². The number of nitrogens with one attached hydrogen (secondary N) is 1. The van der Waals surface area contributed by atoms with E-state index in [9.17, 15) is 4.79 Å². The molecule has 1 amide bonds. The summed E-state index contributed by atoms with van der Waals surface area (Å²) in [5.41, 5.74) is 0. The van der Waals surface area contributed by atoms with Crippen LogP contribution in [0, 0.1) is 0 Å². The molecule has 0 bridgehead atoms. The molecule has 1 fully saturated rings. The summed E-state index contributed by atoms with van der Waals surface area (Å²) in [6, 6.07) is 0.542. The summed E-state index contributed by atoms with van der Waals surface area (Å²) < 4.78 is 0. The Morgan fingerprint density at radius 3 is 3.07 bits per heavy atom. The van der Waals surface area contributed by atoms with Gasteiger partial charge in [0.15, 0.2) is 0 Å². The molecule has 1 aliphatic heterocycles. The van der Waals surface area contributed by atoms with E-state index in [1.165, 1.54) is 12.2 Å². The minimum atomic E-state index is -0.00144. The van der Waals surface area contributed by atoms with Crippen molar-refractivity contribution in [3.63, 3.8) is 0 Å². The lowest BCUT2D eigenvalue weighted by Crippen LogP contribution is -2.41. The molecule has 0 radical (unpaired) electrons. The Kier molecular flexibility index (Phi) is 5.29. The molecule has 14 heavy (non-hydrogen) atoms. The average molecular weight is 218 g/mol. The largest absolute Gasteiger partial charge is 0.395 e. The molecule has 0 aromatic heterocycles. The first-order chi connectivity index (χ1) is 6.74. The first-order valence-corrected chi connectivity index (χ1v) is 6.05. The van der Waals surface area contributed by atoms with Crippen molar-refractivity contribution in [2.24, 2.45) is 0 Å². The topological polar surface area (TPSA) is 52.6 Å². The van der Waals surface area contributed by atoms with Crippen LogP contribution in [0.3, 0.4) is 0 Å². The van der Waals surface area contributed by atoms with E-state index in [-0.39, 0.29) is 12.5 Å². The maximum absolute atomic E-state index is 11.3. The molecule has 1 saturated heterocycles. The van der Waals surface area contributed by atoms with E-state index < -0.39 is 0 Å². The number of hydrogen-bond donors (Lipinski definition) is 2. The minimum Gasteiger partial charge on any atom is -0.395 e. The van der Waals surface area contributed by atoms with Gasteiger partial charge in [-0.3, -0.25) is 9.69 Å². The average Bonchev–Trinajstić information content (AvgIpc) is 2.67. The monoisotopic (exact) mass is 218 g/mol. The van der Waals surface area contributed by atoms with Gasteiger partial charge in [0.25, 0.3) is 0 Å². The number of aliphatic hydroxyl groups is 1. The SMILES string of the molecule is CN(CC(=O)NCCO)C1CCSC1. The number of likely N-dealkylation sites (N-methyl/N-ethyl adjacent to an activating group) is 1. The summed E-state index contributed by atoms with van der Waals surface area (Å²) in [7, 11) is 1.98. The van der Waals surface area contributed by atoms with Gasteiger partial charge in [-0.15, -0.1) is 0 Å². The Morgan fingerprint density at radius 2 is 2.50 bits per heavy atom. The molecule has 1 heterocycles. The van der Waals surface area contributed by atoms with Gasteiger partial charge in [0.2, 0.25) is 5.91 Å². The van der Waals surface area contributed by atoms with Crippen molar-refractivity contribution in [3.8, 4) is 0 Å². The van der Waals surface area contributed by atoms with Crippen LogP contribution >= 0.6 is 11.8 Å². The Balaban J connectivity index is 2.18. The zero-order chi connectivity index (χ0) is 10.4. The zero-order valence-electron chi connectivity index (χ0n) is 8.53. The molecule has 0 aromatic carbocycles. The van der Waals surface area contributed by atoms with Crippen molar-refractivity contribution in [2.45, 2.75) is 12.5 Å². The molecule has 1 rings (SSSR count). The van der Waals surface area contributed by atoms with Gasteiger partial charge in [-0.1, -0.05) is 0 Å². The van der Waals surface area contributed by atoms with Crippen molar-refractivity contribution >= 4 is 17.7 Å². The van der Waals surface area contributed by atoms with Crippen LogP contribution in [-0.2, 0) is 4.79 Å². The predicted octanol–water partition coefficient (Wildman–Crippen LogP) is -0.468. The van der Waals surface area contributed by atoms with Gasteiger partial charge in [0.05, 0.1) is 13.2 Å². The summed E-state index contributed by atoms with van der Waals surface area (Å²) in [6.45, 7) is 0.798. The molecule has 1 unspecified atom stereocenters. The molecule has 1 aliphatic rings. The Morgan fingerprint density at radius 1 is 1.71 bits per heavy atom. The Hall–Kier alpha value is -0.260. The number of rotatable bonds is 5. The molecular weight excluding hydrogens is 200 g/mol. The van der Waals surface area contributed by atoms with Crippen LogP contribution in [-0.4, -0.2) is 60.2 Å². The first-order valence-electron chi connectivity index (χ1n) is 4.89. The fourth-order valence-electron chi connectivity index (χ4n) is 1.48. The van der Waals surface area contributed by atoms with Gasteiger partial charge in [-0.2, -0.15) is 11.8 Å². The molecule has 2 N–H and O–H groups in total. The summed E-state index contributed by atoms with van der Waals surface area (Å²) >= 11 is 1.94. The second-order valence-electron chi connectivity index (χ2n) is 3.51. The number of thioether (sulfide) groups is 1. The highest BCUT2D eigenvalue weighted by Crippen LogP contribution is 2.20. The maximum atomic E-state index is 11.3. The highest BCUT2D eigenvalue weighted by molar-refractivity contribution is 7.99. The number of aliphatic hydroxyl groups excluding tert-OH is 1. The van der Waals surface area contributed by atoms with E-state index in [1.54, 1.807) is 0 Å². The van der Waals surface area contributed by atoms with E-state index in [0.717, 1.165) is 5.75 Å². The smallest absolute Gasteiger partial charge is 0.234 e. The van der Waals surface area contributed by atoms with Crippen LogP contribution in [0.2, 0.25) is 0 Å². The van der Waals surface area contributed by atoms with Gasteiger partial charge in [-0.05, 0) is 19.2 Å².